The summed E-state index contributed by atoms with van der Waals surface area (Å²) in [5.74, 6) is 1.92. The lowest BCUT2D eigenvalue weighted by Gasteiger charge is -2.37. The van der Waals surface area contributed by atoms with E-state index in [9.17, 15) is 4.39 Å². The molecule has 52 valence electrons. The molecule has 0 aromatic carbocycles. The van der Waals surface area contributed by atoms with E-state index >= 15 is 0 Å². The molecule has 1 aliphatic carbocycles. The summed E-state index contributed by atoms with van der Waals surface area (Å²) < 4.78 is 12.0. The minimum absolute atomic E-state index is 0.0944. The molecule has 0 bridgehead atoms. The number of nitrogens with one attached hydrogen (secondary N) is 1. The normalized spacial score (nSPS) is 48.3. The lowest BCUT2D eigenvalue weighted by atomic mass is 9.67. The maximum atomic E-state index is 12.0. The molecule has 2 aliphatic rings. The first kappa shape index (κ1) is 5.66. The Hall–Kier alpha value is -0.110. The first-order valence-electron chi connectivity index (χ1n) is 3.68. The Bertz CT molecular complexity index is 115. The summed E-state index contributed by atoms with van der Waals surface area (Å²) in [6.45, 7) is 2.11. The molecule has 9 heavy (non-hydrogen) atoms. The van der Waals surface area contributed by atoms with Gasteiger partial charge in [0.05, 0.1) is 6.67 Å². The van der Waals surface area contributed by atoms with Crippen LogP contribution in [-0.4, -0.2) is 19.8 Å². The SMILES string of the molecule is FCC1CC2CNCC12. The molecule has 2 fully saturated rings. The van der Waals surface area contributed by atoms with Crippen molar-refractivity contribution >= 4 is 0 Å². The monoisotopic (exact) mass is 129 g/mol. The molecule has 1 saturated heterocycles. The van der Waals surface area contributed by atoms with Crippen molar-refractivity contribution in [1.29, 1.82) is 0 Å². The van der Waals surface area contributed by atoms with Crippen LogP contribution in [0.4, 0.5) is 4.39 Å². The Morgan fingerprint density at radius 3 is 3.00 bits per heavy atom. The lowest BCUT2D eigenvalue weighted by Crippen LogP contribution is -2.36. The fourth-order valence-corrected chi connectivity index (χ4v) is 2.11. The quantitative estimate of drug-likeness (QED) is 0.552. The van der Waals surface area contributed by atoms with Crippen molar-refractivity contribution in [2.75, 3.05) is 19.8 Å². The maximum Gasteiger partial charge on any atom is 0.0925 e. The number of halogens is 1. The van der Waals surface area contributed by atoms with Crippen molar-refractivity contribution in [1.82, 2.24) is 5.32 Å². The van der Waals surface area contributed by atoms with Gasteiger partial charge in [-0.25, -0.2) is 0 Å². The van der Waals surface area contributed by atoms with Gasteiger partial charge in [-0.05, 0) is 37.3 Å². The van der Waals surface area contributed by atoms with E-state index in [-0.39, 0.29) is 6.67 Å². The summed E-state index contributed by atoms with van der Waals surface area (Å²) in [4.78, 5) is 0. The molecule has 1 N–H and O–H groups in total. The molecular formula is C7H12FN. The highest BCUT2D eigenvalue weighted by Crippen LogP contribution is 2.42. The molecule has 0 spiro atoms. The van der Waals surface area contributed by atoms with Crippen molar-refractivity contribution in [2.24, 2.45) is 17.8 Å². The van der Waals surface area contributed by atoms with Crippen molar-refractivity contribution < 1.29 is 4.39 Å². The van der Waals surface area contributed by atoms with Crippen LogP contribution < -0.4 is 5.32 Å². The molecular weight excluding hydrogens is 117 g/mol. The third-order valence-electron chi connectivity index (χ3n) is 2.80. The highest BCUT2D eigenvalue weighted by Gasteiger charge is 2.43. The second-order valence-electron chi connectivity index (χ2n) is 3.23. The Balaban J connectivity index is 1.93. The highest BCUT2D eigenvalue weighted by atomic mass is 19.1. The minimum atomic E-state index is -0.0944. The smallest absolute Gasteiger partial charge is 0.0925 e. The Morgan fingerprint density at radius 1 is 1.44 bits per heavy atom. The summed E-state index contributed by atoms with van der Waals surface area (Å²) in [6, 6.07) is 0. The van der Waals surface area contributed by atoms with Crippen LogP contribution in [0.3, 0.4) is 0 Å². The Labute approximate surface area is 54.6 Å². The molecule has 2 heteroatoms. The van der Waals surface area contributed by atoms with E-state index in [1.807, 2.05) is 0 Å². The zero-order valence-electron chi connectivity index (χ0n) is 5.44. The van der Waals surface area contributed by atoms with E-state index in [4.69, 9.17) is 0 Å². The summed E-state index contributed by atoms with van der Waals surface area (Å²) in [5.41, 5.74) is 0. The fraction of sp³-hybridized carbons (Fsp3) is 1.00. The predicted octanol–water partition coefficient (Wildman–Crippen LogP) is 0.811. The van der Waals surface area contributed by atoms with Crippen LogP contribution in [0.25, 0.3) is 0 Å². The van der Waals surface area contributed by atoms with Crippen LogP contribution in [0.2, 0.25) is 0 Å². The lowest BCUT2D eigenvalue weighted by molar-refractivity contribution is 0.0936. The molecule has 0 radical (unpaired) electrons. The van der Waals surface area contributed by atoms with Crippen molar-refractivity contribution in [3.05, 3.63) is 0 Å². The highest BCUT2D eigenvalue weighted by molar-refractivity contribution is 4.95. The maximum absolute atomic E-state index is 12.0. The van der Waals surface area contributed by atoms with Crippen LogP contribution in [0.5, 0.6) is 0 Å². The Morgan fingerprint density at radius 2 is 2.33 bits per heavy atom. The van der Waals surface area contributed by atoms with Gasteiger partial charge < -0.3 is 5.32 Å². The van der Waals surface area contributed by atoms with E-state index in [0.29, 0.717) is 11.8 Å². The van der Waals surface area contributed by atoms with Gasteiger partial charge in [0, 0.05) is 0 Å². The van der Waals surface area contributed by atoms with Crippen LogP contribution >= 0.6 is 0 Å². The number of fused-ring (bicyclic) bond motifs is 1. The van der Waals surface area contributed by atoms with E-state index in [0.717, 1.165) is 25.4 Å². The van der Waals surface area contributed by atoms with Crippen molar-refractivity contribution in [2.45, 2.75) is 6.42 Å². The zero-order chi connectivity index (χ0) is 6.27. The molecule has 1 nitrogen and oxygen atoms in total. The molecule has 0 aromatic rings. The molecule has 1 saturated carbocycles. The second-order valence-corrected chi connectivity index (χ2v) is 3.23. The van der Waals surface area contributed by atoms with Crippen LogP contribution in [0.1, 0.15) is 6.42 Å². The standard InChI is InChI=1S/C7H12FN/c8-2-5-1-6-3-9-4-7(5)6/h5-7,9H,1-4H2. The van der Waals surface area contributed by atoms with Gasteiger partial charge in [0.15, 0.2) is 0 Å². The first-order chi connectivity index (χ1) is 4.42. The van der Waals surface area contributed by atoms with Crippen molar-refractivity contribution in [3.8, 4) is 0 Å². The summed E-state index contributed by atoms with van der Waals surface area (Å²) in [7, 11) is 0. The van der Waals surface area contributed by atoms with Gasteiger partial charge in [-0.15, -0.1) is 0 Å². The van der Waals surface area contributed by atoms with Gasteiger partial charge in [-0.2, -0.15) is 0 Å². The van der Waals surface area contributed by atoms with Crippen LogP contribution in [0, 0.1) is 17.8 Å². The molecule has 1 heterocycles. The van der Waals surface area contributed by atoms with Crippen LogP contribution in [-0.2, 0) is 0 Å². The first-order valence-corrected chi connectivity index (χ1v) is 3.68. The molecule has 1 aliphatic heterocycles. The zero-order valence-corrected chi connectivity index (χ0v) is 5.44. The van der Waals surface area contributed by atoms with Gasteiger partial charge in [0.1, 0.15) is 0 Å². The van der Waals surface area contributed by atoms with E-state index in [1.165, 1.54) is 0 Å². The second kappa shape index (κ2) is 1.94. The van der Waals surface area contributed by atoms with E-state index < -0.39 is 0 Å². The average molecular weight is 129 g/mol. The van der Waals surface area contributed by atoms with Crippen LogP contribution in [0.15, 0.2) is 0 Å². The van der Waals surface area contributed by atoms with E-state index in [2.05, 4.69) is 5.32 Å². The predicted molar refractivity (Wildman–Crippen MR) is 33.9 cm³/mol. The molecule has 0 aromatic heterocycles. The number of alkyl halides is 1. The number of rotatable bonds is 1. The summed E-state index contributed by atoms with van der Waals surface area (Å²) >= 11 is 0. The van der Waals surface area contributed by atoms with Crippen molar-refractivity contribution in [3.63, 3.8) is 0 Å². The fourth-order valence-electron chi connectivity index (χ4n) is 2.11. The summed E-state index contributed by atoms with van der Waals surface area (Å²) in [6.07, 6.45) is 1.13. The third kappa shape index (κ3) is 0.692. The number of hydrogen-bond donors (Lipinski definition) is 1. The van der Waals surface area contributed by atoms with Gasteiger partial charge in [-0.1, -0.05) is 0 Å². The van der Waals surface area contributed by atoms with Gasteiger partial charge in [-0.3, -0.25) is 4.39 Å². The Kier molecular flexibility index (Phi) is 1.22. The van der Waals surface area contributed by atoms with Gasteiger partial charge in [0.2, 0.25) is 0 Å². The molecule has 2 rings (SSSR count). The average Bonchev–Trinajstić information content (AvgIpc) is 2.14. The largest absolute Gasteiger partial charge is 0.316 e. The molecule has 0 amide bonds. The third-order valence-corrected chi connectivity index (χ3v) is 2.80. The molecule has 3 unspecified atom stereocenters. The topological polar surface area (TPSA) is 12.0 Å². The van der Waals surface area contributed by atoms with Gasteiger partial charge in [0.25, 0.3) is 0 Å². The summed E-state index contributed by atoms with van der Waals surface area (Å²) in [5, 5.41) is 3.28. The number of hydrogen-bond acceptors (Lipinski definition) is 1. The van der Waals surface area contributed by atoms with Gasteiger partial charge >= 0.3 is 0 Å². The minimum Gasteiger partial charge on any atom is -0.316 e. The van der Waals surface area contributed by atoms with E-state index in [1.54, 1.807) is 0 Å². The molecule has 3 atom stereocenters.